The first-order chi connectivity index (χ1) is 6.74. The van der Waals surface area contributed by atoms with Crippen molar-refractivity contribution in [1.82, 2.24) is 0 Å². The van der Waals surface area contributed by atoms with Crippen LogP contribution in [0.5, 0.6) is 5.06 Å². The number of halogens is 1. The Balaban J connectivity index is 2.31. The molecule has 0 amide bonds. The molecule has 1 heterocycles. The molecule has 0 radical (unpaired) electrons. The van der Waals surface area contributed by atoms with Crippen molar-refractivity contribution in [2.75, 3.05) is 0 Å². The maximum atomic E-state index is 11.3. The molecule has 0 spiro atoms. The van der Waals surface area contributed by atoms with E-state index in [-0.39, 0.29) is 5.97 Å². The van der Waals surface area contributed by atoms with E-state index in [1.165, 1.54) is 11.3 Å². The number of esters is 1. The maximum absolute atomic E-state index is 11.3. The Bertz CT molecular complexity index is 296. The lowest BCUT2D eigenvalue weighted by atomic mass is 10.2. The van der Waals surface area contributed by atoms with Gasteiger partial charge in [-0.3, -0.25) is 4.79 Å². The molecule has 2 nitrogen and oxygen atoms in total. The Morgan fingerprint density at radius 3 is 2.93 bits per heavy atom. The Kier molecular flexibility index (Phi) is 5.19. The lowest BCUT2D eigenvalue weighted by Crippen LogP contribution is -2.06. The van der Waals surface area contributed by atoms with E-state index in [2.05, 4.69) is 22.9 Å². The van der Waals surface area contributed by atoms with Crippen molar-refractivity contribution >= 4 is 33.2 Å². The van der Waals surface area contributed by atoms with Crippen molar-refractivity contribution in [3.8, 4) is 5.06 Å². The summed E-state index contributed by atoms with van der Waals surface area (Å²) >= 11 is 4.74. The largest absolute Gasteiger partial charge is 0.414 e. The van der Waals surface area contributed by atoms with E-state index in [4.69, 9.17) is 4.74 Å². The molecule has 0 fully saturated rings. The van der Waals surface area contributed by atoms with Crippen LogP contribution < -0.4 is 4.74 Å². The van der Waals surface area contributed by atoms with Gasteiger partial charge in [0.1, 0.15) is 0 Å². The summed E-state index contributed by atoms with van der Waals surface area (Å²) in [6, 6.07) is 1.87. The van der Waals surface area contributed by atoms with Crippen molar-refractivity contribution in [2.24, 2.45) is 0 Å². The van der Waals surface area contributed by atoms with Crippen LogP contribution in [0.3, 0.4) is 0 Å². The van der Waals surface area contributed by atoms with E-state index in [0.29, 0.717) is 11.5 Å². The van der Waals surface area contributed by atoms with Crippen molar-refractivity contribution < 1.29 is 9.53 Å². The van der Waals surface area contributed by atoms with Crippen LogP contribution in [-0.2, 0) is 4.79 Å². The molecule has 0 N–H and O–H groups in total. The van der Waals surface area contributed by atoms with E-state index in [0.717, 1.165) is 23.7 Å². The molecular formula is C10H13BrO2S. The molecule has 78 valence electrons. The van der Waals surface area contributed by atoms with Gasteiger partial charge < -0.3 is 4.74 Å². The summed E-state index contributed by atoms with van der Waals surface area (Å²) in [5, 5.41) is 2.55. The average molecular weight is 277 g/mol. The molecule has 1 aromatic heterocycles. The second kappa shape index (κ2) is 6.19. The first-order valence-electron chi connectivity index (χ1n) is 4.67. The second-order valence-corrected chi connectivity index (χ2v) is 4.72. The third kappa shape index (κ3) is 3.80. The molecule has 0 aliphatic carbocycles. The van der Waals surface area contributed by atoms with Gasteiger partial charge >= 0.3 is 5.97 Å². The third-order valence-corrected chi connectivity index (χ3v) is 3.45. The third-order valence-electron chi connectivity index (χ3n) is 1.78. The van der Waals surface area contributed by atoms with Gasteiger partial charge in [0.15, 0.2) is 5.06 Å². The summed E-state index contributed by atoms with van der Waals surface area (Å²) < 4.78 is 6.02. The van der Waals surface area contributed by atoms with E-state index in [1.54, 1.807) is 0 Å². The quantitative estimate of drug-likeness (QED) is 0.600. The summed E-state index contributed by atoms with van der Waals surface area (Å²) in [5.74, 6) is -0.137. The van der Waals surface area contributed by atoms with Gasteiger partial charge in [-0.2, -0.15) is 0 Å². The molecule has 0 saturated heterocycles. The summed E-state index contributed by atoms with van der Waals surface area (Å²) in [5.41, 5.74) is 0. The van der Waals surface area contributed by atoms with Crippen LogP contribution in [0.25, 0.3) is 0 Å². The highest BCUT2D eigenvalue weighted by Crippen LogP contribution is 2.31. The van der Waals surface area contributed by atoms with E-state index >= 15 is 0 Å². The van der Waals surface area contributed by atoms with Crippen molar-refractivity contribution in [3.05, 3.63) is 15.9 Å². The molecule has 0 bridgehead atoms. The van der Waals surface area contributed by atoms with Crippen LogP contribution in [0, 0.1) is 0 Å². The summed E-state index contributed by atoms with van der Waals surface area (Å²) in [6.07, 6.45) is 3.63. The average Bonchev–Trinajstić information content (AvgIpc) is 2.52. The van der Waals surface area contributed by atoms with Gasteiger partial charge in [0, 0.05) is 6.42 Å². The number of rotatable bonds is 5. The van der Waals surface area contributed by atoms with Crippen LogP contribution >= 0.6 is 27.3 Å². The van der Waals surface area contributed by atoms with Gasteiger partial charge in [-0.15, -0.1) is 11.3 Å². The van der Waals surface area contributed by atoms with Crippen LogP contribution in [0.1, 0.15) is 32.6 Å². The predicted molar refractivity (Wildman–Crippen MR) is 61.8 cm³/mol. The minimum atomic E-state index is -0.137. The summed E-state index contributed by atoms with van der Waals surface area (Å²) in [4.78, 5) is 11.3. The highest BCUT2D eigenvalue weighted by molar-refractivity contribution is 9.10. The first-order valence-corrected chi connectivity index (χ1v) is 6.35. The molecule has 0 aliphatic rings. The predicted octanol–water partition coefficient (Wildman–Crippen LogP) is 4.00. The topological polar surface area (TPSA) is 26.3 Å². The lowest BCUT2D eigenvalue weighted by Gasteiger charge is -2.01. The molecule has 0 unspecified atom stereocenters. The number of hydrogen-bond donors (Lipinski definition) is 0. The second-order valence-electron chi connectivity index (χ2n) is 2.99. The Morgan fingerprint density at radius 1 is 1.57 bits per heavy atom. The van der Waals surface area contributed by atoms with Gasteiger partial charge in [0.05, 0.1) is 4.47 Å². The van der Waals surface area contributed by atoms with Crippen LogP contribution in [0.15, 0.2) is 15.9 Å². The van der Waals surface area contributed by atoms with E-state index < -0.39 is 0 Å². The van der Waals surface area contributed by atoms with Crippen molar-refractivity contribution in [3.63, 3.8) is 0 Å². The zero-order valence-electron chi connectivity index (χ0n) is 8.09. The van der Waals surface area contributed by atoms with Crippen LogP contribution in [-0.4, -0.2) is 5.97 Å². The fourth-order valence-electron chi connectivity index (χ4n) is 1.03. The van der Waals surface area contributed by atoms with E-state index in [1.807, 2.05) is 11.4 Å². The molecule has 1 aromatic rings. The number of ether oxygens (including phenoxy) is 1. The molecule has 0 aromatic carbocycles. The number of carbonyl (C=O) groups is 1. The molecule has 0 saturated carbocycles. The van der Waals surface area contributed by atoms with Crippen LogP contribution in [0.2, 0.25) is 0 Å². The number of hydrogen-bond acceptors (Lipinski definition) is 3. The zero-order valence-corrected chi connectivity index (χ0v) is 10.5. The standard InChI is InChI=1S/C10H13BrO2S/c1-2-3-4-5-9(12)13-10-8(11)6-7-14-10/h6-7H,2-5H2,1H3. The van der Waals surface area contributed by atoms with Gasteiger partial charge in [0.2, 0.25) is 0 Å². The lowest BCUT2D eigenvalue weighted by molar-refractivity contribution is -0.134. The molecule has 0 atom stereocenters. The summed E-state index contributed by atoms with van der Waals surface area (Å²) in [6.45, 7) is 2.11. The fourth-order valence-corrected chi connectivity index (χ4v) is 2.34. The van der Waals surface area contributed by atoms with E-state index in [9.17, 15) is 4.79 Å². The molecular weight excluding hydrogens is 264 g/mol. The summed E-state index contributed by atoms with van der Waals surface area (Å²) in [7, 11) is 0. The van der Waals surface area contributed by atoms with Gasteiger partial charge in [-0.05, 0) is 33.8 Å². The minimum Gasteiger partial charge on any atom is -0.414 e. The minimum absolute atomic E-state index is 0.137. The highest BCUT2D eigenvalue weighted by atomic mass is 79.9. The van der Waals surface area contributed by atoms with Crippen LogP contribution in [0.4, 0.5) is 0 Å². The number of carbonyl (C=O) groups excluding carboxylic acids is 1. The normalized spacial score (nSPS) is 10.1. The maximum Gasteiger partial charge on any atom is 0.312 e. The zero-order chi connectivity index (χ0) is 10.4. The molecule has 1 rings (SSSR count). The molecule has 0 aliphatic heterocycles. The van der Waals surface area contributed by atoms with Gasteiger partial charge in [-0.25, -0.2) is 0 Å². The number of unbranched alkanes of at least 4 members (excludes halogenated alkanes) is 2. The van der Waals surface area contributed by atoms with Gasteiger partial charge in [-0.1, -0.05) is 19.8 Å². The Hall–Kier alpha value is -0.350. The monoisotopic (exact) mass is 276 g/mol. The highest BCUT2D eigenvalue weighted by Gasteiger charge is 2.08. The van der Waals surface area contributed by atoms with Crippen molar-refractivity contribution in [1.29, 1.82) is 0 Å². The Labute approximate surface area is 96.4 Å². The molecule has 14 heavy (non-hydrogen) atoms. The SMILES string of the molecule is CCCCCC(=O)Oc1sccc1Br. The Morgan fingerprint density at radius 2 is 2.36 bits per heavy atom. The van der Waals surface area contributed by atoms with Crippen molar-refractivity contribution in [2.45, 2.75) is 32.6 Å². The fraction of sp³-hybridized carbons (Fsp3) is 0.500. The first kappa shape index (κ1) is 11.7. The smallest absolute Gasteiger partial charge is 0.312 e. The molecule has 4 heteroatoms. The number of thiophene rings is 1. The van der Waals surface area contributed by atoms with Gasteiger partial charge in [0.25, 0.3) is 0 Å².